The summed E-state index contributed by atoms with van der Waals surface area (Å²) in [6.07, 6.45) is 0.414. The zero-order chi connectivity index (χ0) is 14.7. The Hall–Kier alpha value is -2.15. The predicted molar refractivity (Wildman–Crippen MR) is 66.9 cm³/mol. The van der Waals surface area contributed by atoms with E-state index in [2.05, 4.69) is 9.84 Å². The van der Waals surface area contributed by atoms with Crippen LogP contribution < -0.4 is 9.47 Å². The Morgan fingerprint density at radius 3 is 2.75 bits per heavy atom. The van der Waals surface area contributed by atoms with Crippen molar-refractivity contribution in [3.63, 3.8) is 0 Å². The van der Waals surface area contributed by atoms with E-state index in [9.17, 15) is 13.9 Å². The quantitative estimate of drug-likeness (QED) is 0.913. The molecule has 0 aliphatic heterocycles. The molecule has 0 saturated carbocycles. The Bertz CT molecular complexity index is 587. The smallest absolute Gasteiger partial charge is 0.387 e. The number of ether oxygens (including phenoxy) is 2. The van der Waals surface area contributed by atoms with E-state index in [1.54, 1.807) is 13.1 Å². The van der Waals surface area contributed by atoms with Gasteiger partial charge in [-0.05, 0) is 17.7 Å². The summed E-state index contributed by atoms with van der Waals surface area (Å²) >= 11 is 0. The number of benzene rings is 1. The van der Waals surface area contributed by atoms with Crippen molar-refractivity contribution in [2.45, 2.75) is 12.7 Å². The third-order valence-electron chi connectivity index (χ3n) is 2.83. The van der Waals surface area contributed by atoms with Crippen molar-refractivity contribution in [2.75, 3.05) is 7.11 Å². The van der Waals surface area contributed by atoms with Crippen LogP contribution in [0.5, 0.6) is 11.5 Å². The third-order valence-corrected chi connectivity index (χ3v) is 2.83. The summed E-state index contributed by atoms with van der Waals surface area (Å²) in [6, 6.07) is 5.88. The lowest BCUT2D eigenvalue weighted by atomic mass is 10.1. The van der Waals surface area contributed by atoms with Crippen molar-refractivity contribution < 1.29 is 23.4 Å². The maximum absolute atomic E-state index is 12.2. The molecule has 1 aromatic heterocycles. The number of hydrogen-bond donors (Lipinski definition) is 1. The van der Waals surface area contributed by atoms with E-state index < -0.39 is 12.7 Å². The summed E-state index contributed by atoms with van der Waals surface area (Å²) in [4.78, 5) is 0. The minimum Gasteiger partial charge on any atom is -0.493 e. The van der Waals surface area contributed by atoms with Crippen LogP contribution in [-0.2, 0) is 7.05 Å². The predicted octanol–water partition coefficient (Wildman–Crippen LogP) is 2.11. The van der Waals surface area contributed by atoms with Crippen molar-refractivity contribution >= 4 is 0 Å². The lowest BCUT2D eigenvalue weighted by Gasteiger charge is -2.14. The van der Waals surface area contributed by atoms with Gasteiger partial charge in [-0.1, -0.05) is 12.1 Å². The lowest BCUT2D eigenvalue weighted by molar-refractivity contribution is -0.0499. The van der Waals surface area contributed by atoms with E-state index in [1.807, 2.05) is 0 Å². The highest BCUT2D eigenvalue weighted by Crippen LogP contribution is 2.31. The highest BCUT2D eigenvalue weighted by Gasteiger charge is 2.20. The van der Waals surface area contributed by atoms with Gasteiger partial charge in [-0.3, -0.25) is 4.68 Å². The number of aliphatic hydroxyl groups excluding tert-OH is 1. The second kappa shape index (κ2) is 5.87. The average Bonchev–Trinajstić information content (AvgIpc) is 2.78. The standard InChI is InChI=1S/C13H14F2N2O3/c1-17-11(10(19-2)7-16-17)12(18)8-4-3-5-9(6-8)20-13(14)15/h3-7,12-13,18H,1-2H3. The van der Waals surface area contributed by atoms with Gasteiger partial charge in [0.2, 0.25) is 0 Å². The van der Waals surface area contributed by atoms with E-state index in [0.29, 0.717) is 17.0 Å². The van der Waals surface area contributed by atoms with Crippen LogP contribution in [-0.4, -0.2) is 28.6 Å². The van der Waals surface area contributed by atoms with Gasteiger partial charge in [-0.25, -0.2) is 0 Å². The van der Waals surface area contributed by atoms with Gasteiger partial charge in [0, 0.05) is 7.05 Å². The molecule has 2 rings (SSSR count). The van der Waals surface area contributed by atoms with Gasteiger partial charge >= 0.3 is 6.61 Å². The molecule has 1 atom stereocenters. The van der Waals surface area contributed by atoms with Crippen LogP contribution >= 0.6 is 0 Å². The Morgan fingerprint density at radius 2 is 2.10 bits per heavy atom. The molecule has 108 valence electrons. The number of halogens is 2. The number of aromatic nitrogens is 2. The molecular formula is C13H14F2N2O3. The fourth-order valence-electron chi connectivity index (χ4n) is 1.91. The third kappa shape index (κ3) is 2.88. The fraction of sp³-hybridized carbons (Fsp3) is 0.308. The van der Waals surface area contributed by atoms with E-state index in [-0.39, 0.29) is 5.75 Å². The summed E-state index contributed by atoms with van der Waals surface area (Å²) in [6.45, 7) is -2.91. The molecule has 0 aliphatic rings. The molecule has 0 spiro atoms. The SMILES string of the molecule is COc1cnn(C)c1C(O)c1cccc(OC(F)F)c1. The normalized spacial score (nSPS) is 12.5. The Balaban J connectivity index is 2.33. The summed E-state index contributed by atoms with van der Waals surface area (Å²) in [5.74, 6) is 0.401. The van der Waals surface area contributed by atoms with E-state index in [1.165, 1.54) is 36.2 Å². The van der Waals surface area contributed by atoms with Crippen molar-refractivity contribution in [1.82, 2.24) is 9.78 Å². The molecular weight excluding hydrogens is 270 g/mol. The maximum Gasteiger partial charge on any atom is 0.387 e. The second-order valence-corrected chi connectivity index (χ2v) is 4.08. The molecule has 0 aliphatic carbocycles. The van der Waals surface area contributed by atoms with Crippen LogP contribution in [0, 0.1) is 0 Å². The molecule has 1 aromatic carbocycles. The van der Waals surface area contributed by atoms with Crippen molar-refractivity contribution in [3.8, 4) is 11.5 Å². The Morgan fingerprint density at radius 1 is 1.35 bits per heavy atom. The van der Waals surface area contributed by atoms with Gasteiger partial charge in [-0.2, -0.15) is 13.9 Å². The highest BCUT2D eigenvalue weighted by molar-refractivity contribution is 5.38. The second-order valence-electron chi connectivity index (χ2n) is 4.08. The average molecular weight is 284 g/mol. The largest absolute Gasteiger partial charge is 0.493 e. The van der Waals surface area contributed by atoms with Gasteiger partial charge in [0.1, 0.15) is 17.5 Å². The molecule has 2 aromatic rings. The zero-order valence-electron chi connectivity index (χ0n) is 11.0. The first-order valence-electron chi connectivity index (χ1n) is 5.81. The molecule has 7 heteroatoms. The van der Waals surface area contributed by atoms with Crippen LogP contribution in [0.3, 0.4) is 0 Å². The molecule has 1 unspecified atom stereocenters. The first-order valence-corrected chi connectivity index (χ1v) is 5.81. The summed E-state index contributed by atoms with van der Waals surface area (Å²) in [5, 5.41) is 14.3. The molecule has 1 N–H and O–H groups in total. The molecule has 0 radical (unpaired) electrons. The molecule has 1 heterocycles. The van der Waals surface area contributed by atoms with E-state index >= 15 is 0 Å². The van der Waals surface area contributed by atoms with Gasteiger partial charge in [0.25, 0.3) is 0 Å². The fourth-order valence-corrected chi connectivity index (χ4v) is 1.91. The van der Waals surface area contributed by atoms with E-state index in [4.69, 9.17) is 4.74 Å². The molecule has 0 bridgehead atoms. The van der Waals surface area contributed by atoms with Crippen LogP contribution in [0.2, 0.25) is 0 Å². The number of hydrogen-bond acceptors (Lipinski definition) is 4. The summed E-state index contributed by atoms with van der Waals surface area (Å²) < 4.78 is 35.3. The monoisotopic (exact) mass is 284 g/mol. The zero-order valence-corrected chi connectivity index (χ0v) is 11.0. The van der Waals surface area contributed by atoms with Crippen LogP contribution in [0.4, 0.5) is 8.78 Å². The van der Waals surface area contributed by atoms with Crippen molar-refractivity contribution in [1.29, 1.82) is 0 Å². The van der Waals surface area contributed by atoms with Gasteiger partial charge in [0.05, 0.1) is 13.3 Å². The minimum absolute atomic E-state index is 0.0160. The van der Waals surface area contributed by atoms with Crippen molar-refractivity contribution in [3.05, 3.63) is 41.7 Å². The van der Waals surface area contributed by atoms with Crippen LogP contribution in [0.1, 0.15) is 17.4 Å². The van der Waals surface area contributed by atoms with Gasteiger partial charge in [-0.15, -0.1) is 0 Å². The summed E-state index contributed by atoms with van der Waals surface area (Å²) in [5.41, 5.74) is 0.840. The van der Waals surface area contributed by atoms with Crippen molar-refractivity contribution in [2.24, 2.45) is 7.05 Å². The number of alkyl halides is 2. The molecule has 0 saturated heterocycles. The maximum atomic E-state index is 12.2. The first-order chi connectivity index (χ1) is 9.52. The molecule has 5 nitrogen and oxygen atoms in total. The number of aryl methyl sites for hydroxylation is 1. The highest BCUT2D eigenvalue weighted by atomic mass is 19.3. The van der Waals surface area contributed by atoms with Gasteiger partial charge < -0.3 is 14.6 Å². The lowest BCUT2D eigenvalue weighted by Crippen LogP contribution is -2.09. The number of rotatable bonds is 5. The summed E-state index contributed by atoms with van der Waals surface area (Å²) in [7, 11) is 3.12. The molecule has 0 amide bonds. The molecule has 20 heavy (non-hydrogen) atoms. The van der Waals surface area contributed by atoms with E-state index in [0.717, 1.165) is 0 Å². The number of aliphatic hydroxyl groups is 1. The van der Waals surface area contributed by atoms with Crippen LogP contribution in [0.15, 0.2) is 30.5 Å². The number of methoxy groups -OCH3 is 1. The van der Waals surface area contributed by atoms with Gasteiger partial charge in [0.15, 0.2) is 5.75 Å². The molecule has 0 fully saturated rings. The Kier molecular flexibility index (Phi) is 4.19. The first kappa shape index (κ1) is 14.3. The minimum atomic E-state index is -2.91. The topological polar surface area (TPSA) is 56.5 Å². The number of nitrogens with zero attached hydrogens (tertiary/aromatic N) is 2. The van der Waals surface area contributed by atoms with Crippen LogP contribution in [0.25, 0.3) is 0 Å². The Labute approximate surface area is 114 Å².